The summed E-state index contributed by atoms with van der Waals surface area (Å²) in [6.45, 7) is 8.20. The van der Waals surface area contributed by atoms with Crippen LogP contribution in [0.15, 0.2) is 22.9 Å². The highest BCUT2D eigenvalue weighted by Crippen LogP contribution is 2.16. The van der Waals surface area contributed by atoms with Crippen LogP contribution in [0.5, 0.6) is 5.75 Å². The maximum Gasteiger partial charge on any atom is 0.140 e. The normalized spacial score (nSPS) is 10.8. The minimum atomic E-state index is 0.455. The fourth-order valence-corrected chi connectivity index (χ4v) is 1.86. The smallest absolute Gasteiger partial charge is 0.140 e. The molecule has 2 aromatic rings. The first-order chi connectivity index (χ1) is 9.70. The molecule has 0 aliphatic heterocycles. The average Bonchev–Trinajstić information content (AvgIpc) is 2.78. The number of rotatable bonds is 7. The van der Waals surface area contributed by atoms with E-state index >= 15 is 0 Å². The minimum Gasteiger partial charge on any atom is -0.487 e. The summed E-state index contributed by atoms with van der Waals surface area (Å²) in [6.07, 6.45) is 2.87. The summed E-state index contributed by atoms with van der Waals surface area (Å²) in [6, 6.07) is 3.92. The largest absolute Gasteiger partial charge is 0.487 e. The highest BCUT2D eigenvalue weighted by Gasteiger charge is 2.09. The Labute approximate surface area is 119 Å². The molecule has 0 aliphatic carbocycles. The van der Waals surface area contributed by atoms with Crippen molar-refractivity contribution in [3.05, 3.63) is 41.0 Å². The minimum absolute atomic E-state index is 0.455. The number of nitrogens with one attached hydrogen (secondary N) is 1. The lowest BCUT2D eigenvalue weighted by atomic mass is 10.2. The summed E-state index contributed by atoms with van der Waals surface area (Å²) in [5.41, 5.74) is 2.89. The Balaban J connectivity index is 1.88. The zero-order chi connectivity index (χ0) is 14.4. The van der Waals surface area contributed by atoms with Crippen molar-refractivity contribution in [3.63, 3.8) is 0 Å². The van der Waals surface area contributed by atoms with Crippen molar-refractivity contribution < 1.29 is 9.26 Å². The van der Waals surface area contributed by atoms with Crippen molar-refractivity contribution >= 4 is 0 Å². The number of aromatic nitrogens is 2. The summed E-state index contributed by atoms with van der Waals surface area (Å²) in [5, 5.41) is 7.22. The van der Waals surface area contributed by atoms with Gasteiger partial charge < -0.3 is 14.6 Å². The van der Waals surface area contributed by atoms with Gasteiger partial charge in [0.25, 0.3) is 0 Å². The van der Waals surface area contributed by atoms with E-state index in [2.05, 4.69) is 22.4 Å². The number of pyridine rings is 1. The van der Waals surface area contributed by atoms with Gasteiger partial charge in [-0.3, -0.25) is 4.98 Å². The van der Waals surface area contributed by atoms with Crippen molar-refractivity contribution in [3.8, 4) is 5.75 Å². The predicted molar refractivity (Wildman–Crippen MR) is 76.5 cm³/mol. The first kappa shape index (κ1) is 14.5. The van der Waals surface area contributed by atoms with Crippen LogP contribution in [0.3, 0.4) is 0 Å². The van der Waals surface area contributed by atoms with Gasteiger partial charge in [-0.15, -0.1) is 0 Å². The van der Waals surface area contributed by atoms with E-state index in [1.807, 2.05) is 26.0 Å². The van der Waals surface area contributed by atoms with E-state index in [0.29, 0.717) is 6.61 Å². The molecular formula is C15H21N3O2. The lowest BCUT2D eigenvalue weighted by Gasteiger charge is -2.07. The number of ether oxygens (including phenoxy) is 1. The van der Waals surface area contributed by atoms with Crippen LogP contribution in [-0.2, 0) is 13.2 Å². The third kappa shape index (κ3) is 3.81. The third-order valence-corrected chi connectivity index (χ3v) is 3.09. The van der Waals surface area contributed by atoms with Crippen LogP contribution >= 0.6 is 0 Å². The molecule has 0 aliphatic rings. The SMILES string of the molecule is CCCNCc1ccc(OCc2c(C)noc2C)cn1. The lowest BCUT2D eigenvalue weighted by molar-refractivity contribution is 0.300. The van der Waals surface area contributed by atoms with E-state index < -0.39 is 0 Å². The zero-order valence-electron chi connectivity index (χ0n) is 12.3. The Hall–Kier alpha value is -1.88. The van der Waals surface area contributed by atoms with Crippen LogP contribution in [0.1, 0.15) is 36.1 Å². The van der Waals surface area contributed by atoms with Gasteiger partial charge in [0, 0.05) is 6.54 Å². The fourth-order valence-electron chi connectivity index (χ4n) is 1.86. The van der Waals surface area contributed by atoms with Crippen molar-refractivity contribution in [2.45, 2.75) is 40.3 Å². The molecule has 0 unspecified atom stereocenters. The van der Waals surface area contributed by atoms with Gasteiger partial charge in [0.2, 0.25) is 0 Å². The lowest BCUT2D eigenvalue weighted by Crippen LogP contribution is -2.14. The first-order valence-electron chi connectivity index (χ1n) is 6.91. The van der Waals surface area contributed by atoms with Gasteiger partial charge in [0.05, 0.1) is 23.1 Å². The van der Waals surface area contributed by atoms with Crippen LogP contribution in [0.4, 0.5) is 0 Å². The number of hydrogen-bond donors (Lipinski definition) is 1. The Morgan fingerprint density at radius 1 is 1.30 bits per heavy atom. The van der Waals surface area contributed by atoms with Crippen molar-refractivity contribution in [1.29, 1.82) is 0 Å². The van der Waals surface area contributed by atoms with Gasteiger partial charge in [0.1, 0.15) is 18.1 Å². The fraction of sp³-hybridized carbons (Fsp3) is 0.467. The highest BCUT2D eigenvalue weighted by molar-refractivity contribution is 5.23. The molecular weight excluding hydrogens is 254 g/mol. The second kappa shape index (κ2) is 7.05. The molecule has 20 heavy (non-hydrogen) atoms. The molecule has 0 radical (unpaired) electrons. The molecule has 0 saturated heterocycles. The molecule has 108 valence electrons. The molecule has 2 aromatic heterocycles. The molecule has 0 saturated carbocycles. The summed E-state index contributed by atoms with van der Waals surface area (Å²) >= 11 is 0. The number of nitrogens with zero attached hydrogens (tertiary/aromatic N) is 2. The van der Waals surface area contributed by atoms with Crippen molar-refractivity contribution in [2.24, 2.45) is 0 Å². The van der Waals surface area contributed by atoms with Gasteiger partial charge in [0.15, 0.2) is 0 Å². The summed E-state index contributed by atoms with van der Waals surface area (Å²) < 4.78 is 10.8. The Morgan fingerprint density at radius 2 is 2.15 bits per heavy atom. The van der Waals surface area contributed by atoms with Crippen molar-refractivity contribution in [1.82, 2.24) is 15.5 Å². The van der Waals surface area contributed by atoms with Gasteiger partial charge in [-0.2, -0.15) is 0 Å². The molecule has 0 amide bonds. The molecule has 0 aromatic carbocycles. The summed E-state index contributed by atoms with van der Waals surface area (Å²) in [5.74, 6) is 1.56. The quantitative estimate of drug-likeness (QED) is 0.787. The maximum absolute atomic E-state index is 5.71. The molecule has 5 heteroatoms. The van der Waals surface area contributed by atoms with Gasteiger partial charge in [-0.1, -0.05) is 12.1 Å². The van der Waals surface area contributed by atoms with Crippen LogP contribution in [-0.4, -0.2) is 16.7 Å². The Bertz CT molecular complexity index is 515. The average molecular weight is 275 g/mol. The van der Waals surface area contributed by atoms with E-state index in [-0.39, 0.29) is 0 Å². The molecule has 0 bridgehead atoms. The zero-order valence-corrected chi connectivity index (χ0v) is 12.3. The highest BCUT2D eigenvalue weighted by atomic mass is 16.5. The van der Waals surface area contributed by atoms with Gasteiger partial charge >= 0.3 is 0 Å². The molecule has 0 fully saturated rings. The Morgan fingerprint density at radius 3 is 2.75 bits per heavy atom. The molecule has 5 nitrogen and oxygen atoms in total. The second-order valence-corrected chi connectivity index (χ2v) is 4.75. The summed E-state index contributed by atoms with van der Waals surface area (Å²) in [7, 11) is 0. The van der Waals surface area contributed by atoms with E-state index in [1.54, 1.807) is 6.20 Å². The number of hydrogen-bond acceptors (Lipinski definition) is 5. The number of aryl methyl sites for hydroxylation is 2. The predicted octanol–water partition coefficient (Wildman–Crippen LogP) is 2.77. The van der Waals surface area contributed by atoms with E-state index in [1.165, 1.54) is 0 Å². The van der Waals surface area contributed by atoms with E-state index in [9.17, 15) is 0 Å². The topological polar surface area (TPSA) is 60.2 Å². The third-order valence-electron chi connectivity index (χ3n) is 3.09. The molecule has 2 rings (SSSR count). The van der Waals surface area contributed by atoms with E-state index in [4.69, 9.17) is 9.26 Å². The molecule has 1 N–H and O–H groups in total. The van der Waals surface area contributed by atoms with Gasteiger partial charge in [-0.25, -0.2) is 0 Å². The van der Waals surface area contributed by atoms with Crippen molar-refractivity contribution in [2.75, 3.05) is 6.54 Å². The summed E-state index contributed by atoms with van der Waals surface area (Å²) in [4.78, 5) is 4.37. The standard InChI is InChI=1S/C15H21N3O2/c1-4-7-16-8-13-5-6-14(9-17-13)19-10-15-11(2)18-20-12(15)3/h5-6,9,16H,4,7-8,10H2,1-3H3. The molecule has 0 spiro atoms. The first-order valence-corrected chi connectivity index (χ1v) is 6.91. The van der Waals surface area contributed by atoms with Crippen LogP contribution in [0, 0.1) is 13.8 Å². The molecule has 2 heterocycles. The van der Waals surface area contributed by atoms with Crippen LogP contribution < -0.4 is 10.1 Å². The van der Waals surface area contributed by atoms with Gasteiger partial charge in [-0.05, 0) is 38.9 Å². The van der Waals surface area contributed by atoms with E-state index in [0.717, 1.165) is 48.0 Å². The van der Waals surface area contributed by atoms with Crippen LogP contribution in [0.2, 0.25) is 0 Å². The van der Waals surface area contributed by atoms with Crippen LogP contribution in [0.25, 0.3) is 0 Å². The maximum atomic E-state index is 5.71. The monoisotopic (exact) mass is 275 g/mol. The Kier molecular flexibility index (Phi) is 5.12. The molecule has 0 atom stereocenters. The second-order valence-electron chi connectivity index (χ2n) is 4.75.